The maximum absolute atomic E-state index is 9.88. The maximum atomic E-state index is 9.88. The number of hydrogen-bond donors (Lipinski definition) is 2. The average Bonchev–Trinajstić information content (AvgIpc) is 2.57. The third kappa shape index (κ3) is 3.58. The van der Waals surface area contributed by atoms with E-state index in [0.29, 0.717) is 23.3 Å². The number of phenolic OH excluding ortho intramolecular Hbond substituents is 2. The molecule has 4 heteroatoms. The van der Waals surface area contributed by atoms with Gasteiger partial charge in [-0.2, -0.15) is 0 Å². The minimum Gasteiger partial charge on any atom is -0.504 e. The Morgan fingerprint density at radius 2 is 1.17 bits per heavy atom. The van der Waals surface area contributed by atoms with Crippen LogP contribution in [0.5, 0.6) is 23.0 Å². The van der Waals surface area contributed by atoms with Crippen molar-refractivity contribution in [1.29, 1.82) is 0 Å². The summed E-state index contributed by atoms with van der Waals surface area (Å²) in [5, 5.41) is 19.8. The fourth-order valence-corrected chi connectivity index (χ4v) is 2.96. The molecule has 0 aliphatic rings. The summed E-state index contributed by atoms with van der Waals surface area (Å²) in [5.74, 6) is 2.05. The highest BCUT2D eigenvalue weighted by Crippen LogP contribution is 2.41. The van der Waals surface area contributed by atoms with E-state index in [4.69, 9.17) is 9.47 Å². The molecule has 24 heavy (non-hydrogen) atoms. The first kappa shape index (κ1) is 18.0. The molecule has 0 heterocycles. The summed E-state index contributed by atoms with van der Waals surface area (Å²) >= 11 is 0. The Morgan fingerprint density at radius 1 is 0.750 bits per heavy atom. The van der Waals surface area contributed by atoms with Gasteiger partial charge in [0.15, 0.2) is 23.0 Å². The van der Waals surface area contributed by atoms with E-state index in [1.807, 2.05) is 24.3 Å². The van der Waals surface area contributed by atoms with E-state index in [9.17, 15) is 10.2 Å². The molecule has 2 aromatic carbocycles. The first-order valence-corrected chi connectivity index (χ1v) is 8.12. The summed E-state index contributed by atoms with van der Waals surface area (Å²) in [6, 6.07) is 10.9. The fraction of sp³-hybridized carbons (Fsp3) is 0.400. The van der Waals surface area contributed by atoms with E-state index in [1.54, 1.807) is 26.4 Å². The van der Waals surface area contributed by atoms with Crippen LogP contribution in [0.25, 0.3) is 0 Å². The number of rotatable bonds is 6. The highest BCUT2D eigenvalue weighted by Gasteiger charge is 2.25. The molecule has 0 bridgehead atoms. The van der Waals surface area contributed by atoms with Gasteiger partial charge in [0.1, 0.15) is 0 Å². The SMILES string of the molecule is COc1cc(C(c2ccc(O)c(OC)c2)[C@H](C)C(C)C)ccc1O. The largest absolute Gasteiger partial charge is 0.504 e. The summed E-state index contributed by atoms with van der Waals surface area (Å²) in [5.41, 5.74) is 2.11. The second kappa shape index (κ2) is 7.47. The topological polar surface area (TPSA) is 58.9 Å². The first-order valence-electron chi connectivity index (χ1n) is 8.12. The van der Waals surface area contributed by atoms with Gasteiger partial charge in [-0.3, -0.25) is 0 Å². The van der Waals surface area contributed by atoms with E-state index in [2.05, 4.69) is 20.8 Å². The second-order valence-corrected chi connectivity index (χ2v) is 6.44. The molecule has 1 atom stereocenters. The van der Waals surface area contributed by atoms with Gasteiger partial charge in [-0.1, -0.05) is 32.9 Å². The van der Waals surface area contributed by atoms with Crippen LogP contribution in [0.3, 0.4) is 0 Å². The van der Waals surface area contributed by atoms with Gasteiger partial charge in [-0.15, -0.1) is 0 Å². The number of phenols is 2. The molecule has 2 rings (SSSR count). The van der Waals surface area contributed by atoms with Crippen molar-refractivity contribution in [2.75, 3.05) is 14.2 Å². The molecule has 2 N–H and O–H groups in total. The predicted molar refractivity (Wildman–Crippen MR) is 95.2 cm³/mol. The second-order valence-electron chi connectivity index (χ2n) is 6.44. The van der Waals surface area contributed by atoms with Gasteiger partial charge in [-0.25, -0.2) is 0 Å². The summed E-state index contributed by atoms with van der Waals surface area (Å²) in [6.45, 7) is 6.58. The van der Waals surface area contributed by atoms with Gasteiger partial charge >= 0.3 is 0 Å². The van der Waals surface area contributed by atoms with Gasteiger partial charge in [0.05, 0.1) is 14.2 Å². The van der Waals surface area contributed by atoms with Crippen molar-refractivity contribution < 1.29 is 19.7 Å². The molecule has 0 radical (unpaired) electrons. The van der Waals surface area contributed by atoms with Gasteiger partial charge in [0, 0.05) is 5.92 Å². The van der Waals surface area contributed by atoms with E-state index in [0.717, 1.165) is 11.1 Å². The summed E-state index contributed by atoms with van der Waals surface area (Å²) in [4.78, 5) is 0. The maximum Gasteiger partial charge on any atom is 0.160 e. The highest BCUT2D eigenvalue weighted by molar-refractivity contribution is 5.49. The molecule has 0 saturated heterocycles. The fourth-order valence-electron chi connectivity index (χ4n) is 2.96. The third-order valence-corrected chi connectivity index (χ3v) is 4.70. The van der Waals surface area contributed by atoms with Crippen molar-refractivity contribution >= 4 is 0 Å². The van der Waals surface area contributed by atoms with E-state index in [-0.39, 0.29) is 17.4 Å². The Kier molecular flexibility index (Phi) is 5.60. The van der Waals surface area contributed by atoms with Crippen molar-refractivity contribution in [3.63, 3.8) is 0 Å². The summed E-state index contributed by atoms with van der Waals surface area (Å²) < 4.78 is 10.5. The van der Waals surface area contributed by atoms with Crippen LogP contribution in [0.2, 0.25) is 0 Å². The standard InChI is InChI=1S/C20H26O4/c1-12(2)13(3)20(14-6-8-16(21)18(10-14)23-4)15-7-9-17(22)19(11-15)24-5/h6-13,20-22H,1-5H3/t13-/m1/s1. The van der Waals surface area contributed by atoms with Crippen molar-refractivity contribution in [2.24, 2.45) is 11.8 Å². The first-order chi connectivity index (χ1) is 11.4. The number of hydrogen-bond acceptors (Lipinski definition) is 4. The molecular weight excluding hydrogens is 304 g/mol. The Hall–Kier alpha value is -2.36. The Morgan fingerprint density at radius 3 is 1.50 bits per heavy atom. The number of methoxy groups -OCH3 is 2. The molecule has 4 nitrogen and oxygen atoms in total. The molecule has 0 spiro atoms. The van der Waals surface area contributed by atoms with Crippen molar-refractivity contribution in [3.8, 4) is 23.0 Å². The quantitative estimate of drug-likeness (QED) is 0.816. The molecule has 130 valence electrons. The molecular formula is C20H26O4. The van der Waals surface area contributed by atoms with Crippen molar-refractivity contribution in [1.82, 2.24) is 0 Å². The lowest BCUT2D eigenvalue weighted by Gasteiger charge is -2.29. The highest BCUT2D eigenvalue weighted by atomic mass is 16.5. The Bertz CT molecular complexity index is 641. The number of benzene rings is 2. The molecule has 0 amide bonds. The van der Waals surface area contributed by atoms with Crippen LogP contribution in [0, 0.1) is 11.8 Å². The van der Waals surface area contributed by atoms with Crippen LogP contribution in [0.1, 0.15) is 37.8 Å². The Labute approximate surface area is 143 Å². The van der Waals surface area contributed by atoms with Gasteiger partial charge < -0.3 is 19.7 Å². The van der Waals surface area contributed by atoms with Gasteiger partial charge in [0.2, 0.25) is 0 Å². The molecule has 0 fully saturated rings. The minimum atomic E-state index is 0.0917. The van der Waals surface area contributed by atoms with E-state index >= 15 is 0 Å². The minimum absolute atomic E-state index is 0.0917. The normalized spacial score (nSPS) is 12.5. The molecule has 0 aromatic heterocycles. The lowest BCUT2D eigenvalue weighted by Crippen LogP contribution is -2.17. The number of aromatic hydroxyl groups is 2. The molecule has 0 aliphatic carbocycles. The van der Waals surface area contributed by atoms with Gasteiger partial charge in [-0.05, 0) is 47.2 Å². The van der Waals surface area contributed by atoms with Crippen molar-refractivity contribution in [3.05, 3.63) is 47.5 Å². The van der Waals surface area contributed by atoms with Crippen LogP contribution < -0.4 is 9.47 Å². The van der Waals surface area contributed by atoms with E-state index < -0.39 is 0 Å². The molecule has 0 unspecified atom stereocenters. The average molecular weight is 330 g/mol. The summed E-state index contributed by atoms with van der Waals surface area (Å²) in [7, 11) is 3.09. The van der Waals surface area contributed by atoms with Crippen LogP contribution in [0.4, 0.5) is 0 Å². The lowest BCUT2D eigenvalue weighted by atomic mass is 9.76. The predicted octanol–water partition coefficient (Wildman–Crippen LogP) is 4.54. The summed E-state index contributed by atoms with van der Waals surface area (Å²) in [6.07, 6.45) is 0. The lowest BCUT2D eigenvalue weighted by molar-refractivity contribution is 0.359. The van der Waals surface area contributed by atoms with Crippen LogP contribution in [0.15, 0.2) is 36.4 Å². The van der Waals surface area contributed by atoms with Crippen LogP contribution in [-0.2, 0) is 0 Å². The van der Waals surface area contributed by atoms with Gasteiger partial charge in [0.25, 0.3) is 0 Å². The monoisotopic (exact) mass is 330 g/mol. The zero-order valence-corrected chi connectivity index (χ0v) is 14.9. The Balaban J connectivity index is 2.57. The molecule has 0 aliphatic heterocycles. The smallest absolute Gasteiger partial charge is 0.160 e. The molecule has 0 saturated carbocycles. The zero-order chi connectivity index (χ0) is 17.9. The zero-order valence-electron chi connectivity index (χ0n) is 14.9. The van der Waals surface area contributed by atoms with E-state index in [1.165, 1.54) is 0 Å². The van der Waals surface area contributed by atoms with Crippen LogP contribution >= 0.6 is 0 Å². The van der Waals surface area contributed by atoms with Crippen LogP contribution in [-0.4, -0.2) is 24.4 Å². The third-order valence-electron chi connectivity index (χ3n) is 4.70. The number of ether oxygens (including phenoxy) is 2. The molecule has 2 aromatic rings. The van der Waals surface area contributed by atoms with Crippen molar-refractivity contribution in [2.45, 2.75) is 26.7 Å².